The number of para-hydroxylation sites is 1. The lowest BCUT2D eigenvalue weighted by Gasteiger charge is -2.30. The lowest BCUT2D eigenvalue weighted by Crippen LogP contribution is -2.28. The number of thiazole rings is 1. The van der Waals surface area contributed by atoms with Crippen LogP contribution in [0.15, 0.2) is 42.6 Å². The Morgan fingerprint density at radius 2 is 1.86 bits per heavy atom. The Hall–Kier alpha value is -4.38. The predicted molar refractivity (Wildman–Crippen MR) is 173 cm³/mol. The van der Waals surface area contributed by atoms with E-state index >= 15 is 0 Å². The number of aromatic nitrogens is 6. The average Bonchev–Trinajstić information content (AvgIpc) is 3.64. The van der Waals surface area contributed by atoms with Crippen LogP contribution in [0.2, 0.25) is 0 Å². The molecule has 1 aliphatic carbocycles. The van der Waals surface area contributed by atoms with Gasteiger partial charge in [-0.2, -0.15) is 5.10 Å². The molecular formula is C33H36N8O2S. The largest absolute Gasteiger partial charge is 0.464 e. The lowest BCUT2D eigenvalue weighted by molar-refractivity contribution is 0.0595. The fraction of sp³-hybridized carbons (Fsp3) is 0.394. The van der Waals surface area contributed by atoms with Crippen LogP contribution in [0.4, 0.5) is 22.6 Å². The Morgan fingerprint density at radius 3 is 2.68 bits per heavy atom. The highest BCUT2D eigenvalue weighted by molar-refractivity contribution is 7.22. The summed E-state index contributed by atoms with van der Waals surface area (Å²) < 4.78 is 8.40. The summed E-state index contributed by atoms with van der Waals surface area (Å²) in [6, 6.07) is 12.0. The Kier molecular flexibility index (Phi) is 7.71. The molecule has 5 aromatic rings. The first-order valence-electron chi connectivity index (χ1n) is 15.4. The SMILES string of the molecule is COC(=O)c1nc(N2CCCc3c2nnc(Nc2nc4ccccc4s2)c3C)ccc1-c1cnn(CC2CCCCC2)c1C. The van der Waals surface area contributed by atoms with Crippen molar-refractivity contribution in [1.29, 1.82) is 0 Å². The molecule has 5 heterocycles. The zero-order valence-electron chi connectivity index (χ0n) is 25.3. The van der Waals surface area contributed by atoms with Crippen LogP contribution in [0.1, 0.15) is 65.8 Å². The summed E-state index contributed by atoms with van der Waals surface area (Å²) in [4.78, 5) is 24.7. The van der Waals surface area contributed by atoms with E-state index in [4.69, 9.17) is 19.8 Å². The van der Waals surface area contributed by atoms with E-state index in [0.717, 1.165) is 75.0 Å². The van der Waals surface area contributed by atoms with E-state index in [1.54, 1.807) is 11.3 Å². The highest BCUT2D eigenvalue weighted by atomic mass is 32.1. The maximum absolute atomic E-state index is 13.1. The van der Waals surface area contributed by atoms with Crippen molar-refractivity contribution in [2.75, 3.05) is 23.9 Å². The summed E-state index contributed by atoms with van der Waals surface area (Å²) in [5.41, 5.74) is 6.04. The lowest BCUT2D eigenvalue weighted by atomic mass is 9.89. The number of hydrogen-bond acceptors (Lipinski definition) is 10. The van der Waals surface area contributed by atoms with E-state index in [1.165, 1.54) is 39.2 Å². The number of methoxy groups -OCH3 is 1. The van der Waals surface area contributed by atoms with Crippen LogP contribution in [0.5, 0.6) is 0 Å². The second kappa shape index (κ2) is 12.0. The standard InChI is InChI=1S/C33H36N8O2S/c1-20-23-12-9-17-40(31(23)39-38-30(20)37-33-35-26-13-7-8-14-27(26)44-33)28-16-15-24(29(36-28)32(42)43-3)25-18-34-41(21(25)2)19-22-10-5-4-6-11-22/h7-8,13-16,18,22H,4-6,9-12,17,19H2,1-3H3,(H,35,37,38). The first-order valence-corrected chi connectivity index (χ1v) is 16.2. The quantitative estimate of drug-likeness (QED) is 0.192. The molecule has 0 saturated heterocycles. The predicted octanol–water partition coefficient (Wildman–Crippen LogP) is 7.16. The molecule has 44 heavy (non-hydrogen) atoms. The van der Waals surface area contributed by atoms with Crippen molar-refractivity contribution in [2.24, 2.45) is 5.92 Å². The topological polar surface area (TPSA) is 111 Å². The number of rotatable bonds is 7. The third-order valence-corrected chi connectivity index (χ3v) is 9.94. The molecule has 2 aliphatic rings. The molecule has 4 aromatic heterocycles. The molecule has 0 radical (unpaired) electrons. The molecule has 1 fully saturated rings. The number of anilines is 4. The van der Waals surface area contributed by atoms with Gasteiger partial charge in [0.15, 0.2) is 22.5 Å². The monoisotopic (exact) mass is 608 g/mol. The summed E-state index contributed by atoms with van der Waals surface area (Å²) in [6.07, 6.45) is 10.1. The molecule has 0 spiro atoms. The number of pyridine rings is 1. The summed E-state index contributed by atoms with van der Waals surface area (Å²) in [7, 11) is 1.39. The third-order valence-electron chi connectivity index (χ3n) is 8.99. The van der Waals surface area contributed by atoms with E-state index in [2.05, 4.69) is 45.0 Å². The molecule has 226 valence electrons. The van der Waals surface area contributed by atoms with Crippen molar-refractivity contribution in [1.82, 2.24) is 29.9 Å². The van der Waals surface area contributed by atoms with Crippen molar-refractivity contribution in [3.05, 3.63) is 65.1 Å². The number of fused-ring (bicyclic) bond motifs is 2. The molecule has 7 rings (SSSR count). The van der Waals surface area contributed by atoms with Crippen LogP contribution in [-0.4, -0.2) is 49.6 Å². The zero-order valence-corrected chi connectivity index (χ0v) is 26.2. The summed E-state index contributed by atoms with van der Waals surface area (Å²) in [6.45, 7) is 5.76. The Balaban J connectivity index is 1.19. The Morgan fingerprint density at radius 1 is 1.02 bits per heavy atom. The van der Waals surface area contributed by atoms with Crippen LogP contribution in [0.3, 0.4) is 0 Å². The van der Waals surface area contributed by atoms with Gasteiger partial charge < -0.3 is 15.0 Å². The normalized spacial score (nSPS) is 15.4. The minimum Gasteiger partial charge on any atom is -0.464 e. The molecule has 1 aromatic carbocycles. The van der Waals surface area contributed by atoms with Crippen LogP contribution in [0, 0.1) is 19.8 Å². The number of nitrogens with one attached hydrogen (secondary N) is 1. The van der Waals surface area contributed by atoms with E-state index in [1.807, 2.05) is 36.5 Å². The smallest absolute Gasteiger partial charge is 0.357 e. The number of hydrogen-bond donors (Lipinski definition) is 1. The highest BCUT2D eigenvalue weighted by Gasteiger charge is 2.28. The Labute approximate surface area is 260 Å². The summed E-state index contributed by atoms with van der Waals surface area (Å²) in [5.74, 6) is 2.27. The number of benzene rings is 1. The van der Waals surface area contributed by atoms with E-state index < -0.39 is 5.97 Å². The van der Waals surface area contributed by atoms with Gasteiger partial charge in [0.2, 0.25) is 0 Å². The van der Waals surface area contributed by atoms with Crippen LogP contribution >= 0.6 is 11.3 Å². The maximum Gasteiger partial charge on any atom is 0.357 e. The molecule has 11 heteroatoms. The Bertz CT molecular complexity index is 1810. The summed E-state index contributed by atoms with van der Waals surface area (Å²) in [5, 5.41) is 18.1. The first kappa shape index (κ1) is 28.4. The number of nitrogens with zero attached hydrogens (tertiary/aromatic N) is 7. The van der Waals surface area contributed by atoms with Crippen LogP contribution in [-0.2, 0) is 17.7 Å². The molecule has 0 amide bonds. The van der Waals surface area contributed by atoms with Gasteiger partial charge in [-0.3, -0.25) is 4.68 Å². The molecule has 0 bridgehead atoms. The second-order valence-corrected chi connectivity index (χ2v) is 12.8. The fourth-order valence-electron chi connectivity index (χ4n) is 6.53. The highest BCUT2D eigenvalue weighted by Crippen LogP contribution is 2.37. The van der Waals surface area contributed by atoms with Gasteiger partial charge in [0.1, 0.15) is 5.82 Å². The molecule has 1 aliphatic heterocycles. The van der Waals surface area contributed by atoms with Gasteiger partial charge in [-0.15, -0.1) is 10.2 Å². The van der Waals surface area contributed by atoms with Crippen molar-refractivity contribution in [2.45, 2.75) is 65.3 Å². The fourth-order valence-corrected chi connectivity index (χ4v) is 7.39. The summed E-state index contributed by atoms with van der Waals surface area (Å²) >= 11 is 1.59. The molecule has 1 N–H and O–H groups in total. The van der Waals surface area contributed by atoms with Gasteiger partial charge in [-0.1, -0.05) is 42.7 Å². The number of esters is 1. The zero-order chi connectivity index (χ0) is 30.2. The molecule has 0 atom stereocenters. The van der Waals surface area contributed by atoms with Crippen molar-refractivity contribution >= 4 is 50.1 Å². The van der Waals surface area contributed by atoms with Crippen LogP contribution < -0.4 is 10.2 Å². The van der Waals surface area contributed by atoms with Crippen molar-refractivity contribution < 1.29 is 9.53 Å². The molecule has 10 nitrogen and oxygen atoms in total. The first-order chi connectivity index (χ1) is 21.5. The van der Waals surface area contributed by atoms with Gasteiger partial charge in [0, 0.05) is 41.0 Å². The van der Waals surface area contributed by atoms with Gasteiger partial charge >= 0.3 is 5.97 Å². The third kappa shape index (κ3) is 5.29. The minimum atomic E-state index is -0.476. The van der Waals surface area contributed by atoms with E-state index in [0.29, 0.717) is 17.6 Å². The minimum absolute atomic E-state index is 0.274. The van der Waals surface area contributed by atoms with Gasteiger partial charge in [-0.05, 0) is 69.7 Å². The van der Waals surface area contributed by atoms with E-state index in [-0.39, 0.29) is 5.69 Å². The van der Waals surface area contributed by atoms with Gasteiger partial charge in [-0.25, -0.2) is 14.8 Å². The average molecular weight is 609 g/mol. The number of ether oxygens (including phenoxy) is 1. The number of carbonyl (C=O) groups excluding carboxylic acids is 1. The molecule has 1 saturated carbocycles. The second-order valence-electron chi connectivity index (χ2n) is 11.7. The van der Waals surface area contributed by atoms with E-state index in [9.17, 15) is 4.79 Å². The molecular weight excluding hydrogens is 572 g/mol. The maximum atomic E-state index is 13.1. The van der Waals surface area contributed by atoms with Gasteiger partial charge in [0.25, 0.3) is 0 Å². The van der Waals surface area contributed by atoms with Crippen LogP contribution in [0.25, 0.3) is 21.3 Å². The van der Waals surface area contributed by atoms with Gasteiger partial charge in [0.05, 0.1) is 23.5 Å². The van der Waals surface area contributed by atoms with Crippen molar-refractivity contribution in [3.63, 3.8) is 0 Å². The van der Waals surface area contributed by atoms with Crippen molar-refractivity contribution in [3.8, 4) is 11.1 Å². The molecule has 0 unspecified atom stereocenters. The number of carbonyl (C=O) groups is 1.